The first-order chi connectivity index (χ1) is 8.78. The number of carbonyl (C=O) groups excluding carboxylic acids is 1. The molecule has 0 aliphatic carbocycles. The van der Waals surface area contributed by atoms with E-state index in [-0.39, 0.29) is 12.1 Å². The van der Waals surface area contributed by atoms with Gasteiger partial charge in [-0.1, -0.05) is 0 Å². The van der Waals surface area contributed by atoms with E-state index in [1.807, 2.05) is 0 Å². The molecule has 1 amide bonds. The van der Waals surface area contributed by atoms with Gasteiger partial charge >= 0.3 is 6.18 Å². The summed E-state index contributed by atoms with van der Waals surface area (Å²) in [6, 6.07) is 2.72. The molecule has 0 saturated carbocycles. The third-order valence-electron chi connectivity index (χ3n) is 1.94. The summed E-state index contributed by atoms with van der Waals surface area (Å²) in [5.41, 5.74) is 0.0136. The van der Waals surface area contributed by atoms with Crippen LogP contribution in [0.15, 0.2) is 18.2 Å². The van der Waals surface area contributed by atoms with Crippen LogP contribution >= 0.6 is 0 Å². The van der Waals surface area contributed by atoms with E-state index in [9.17, 15) is 26.7 Å². The average molecular weight is 283 g/mol. The van der Waals surface area contributed by atoms with Crippen molar-refractivity contribution in [3.8, 4) is 0 Å². The molecule has 8 heteroatoms. The van der Waals surface area contributed by atoms with Crippen molar-refractivity contribution in [3.05, 3.63) is 29.8 Å². The van der Waals surface area contributed by atoms with Crippen molar-refractivity contribution in [1.29, 1.82) is 0 Å². The number of carbonyl (C=O) groups is 1. The molecule has 106 valence electrons. The summed E-state index contributed by atoms with van der Waals surface area (Å²) in [6.45, 7) is -1.86. The monoisotopic (exact) mass is 283 g/mol. The lowest BCUT2D eigenvalue weighted by atomic mass is 10.3. The molecule has 0 aliphatic heterocycles. The Balaban J connectivity index is 2.33. The molecule has 1 aromatic carbocycles. The van der Waals surface area contributed by atoms with Crippen molar-refractivity contribution in [2.75, 3.05) is 18.5 Å². The molecule has 0 atom stereocenters. The number of benzene rings is 1. The van der Waals surface area contributed by atoms with E-state index < -0.39 is 36.9 Å². The minimum absolute atomic E-state index is 0.0136. The highest BCUT2D eigenvalue weighted by Gasteiger charge is 2.27. The van der Waals surface area contributed by atoms with Gasteiger partial charge in [0.15, 0.2) is 11.6 Å². The molecule has 3 nitrogen and oxygen atoms in total. The van der Waals surface area contributed by atoms with Crippen LogP contribution in [0.5, 0.6) is 0 Å². The quantitative estimate of drug-likeness (QED) is 0.666. The fourth-order valence-electron chi connectivity index (χ4n) is 1.15. The maximum Gasteiger partial charge on any atom is 0.411 e. The van der Waals surface area contributed by atoms with E-state index in [0.29, 0.717) is 0 Å². The summed E-state index contributed by atoms with van der Waals surface area (Å²) >= 11 is 0. The molecular formula is C11H10F5NO2. The number of nitrogens with one attached hydrogen (secondary N) is 1. The lowest BCUT2D eigenvalue weighted by molar-refractivity contribution is -0.174. The summed E-state index contributed by atoms with van der Waals surface area (Å²) in [7, 11) is 0. The summed E-state index contributed by atoms with van der Waals surface area (Å²) in [5, 5.41) is 2.20. The van der Waals surface area contributed by atoms with Crippen molar-refractivity contribution in [2.24, 2.45) is 0 Å². The standard InChI is InChI=1S/C11H10F5NO2/c12-8-2-1-7(5-9(8)13)17-10(18)3-4-19-6-11(14,15)16/h1-2,5H,3-4,6H2,(H,17,18). The van der Waals surface area contributed by atoms with Crippen LogP contribution in [0.1, 0.15) is 6.42 Å². The highest BCUT2D eigenvalue weighted by atomic mass is 19.4. The molecule has 0 aliphatic rings. The summed E-state index contributed by atoms with van der Waals surface area (Å²) in [5.74, 6) is -2.86. The van der Waals surface area contributed by atoms with E-state index in [0.717, 1.165) is 18.2 Å². The highest BCUT2D eigenvalue weighted by Crippen LogP contribution is 2.15. The summed E-state index contributed by atoms with van der Waals surface area (Å²) < 4.78 is 64.7. The third-order valence-corrected chi connectivity index (χ3v) is 1.94. The van der Waals surface area contributed by atoms with Crippen molar-refractivity contribution in [3.63, 3.8) is 0 Å². The zero-order valence-electron chi connectivity index (χ0n) is 9.56. The SMILES string of the molecule is O=C(CCOCC(F)(F)F)Nc1ccc(F)c(F)c1. The van der Waals surface area contributed by atoms with Gasteiger partial charge in [-0.2, -0.15) is 13.2 Å². The third kappa shape index (κ3) is 6.14. The van der Waals surface area contributed by atoms with Gasteiger partial charge in [-0.3, -0.25) is 4.79 Å². The molecule has 0 aromatic heterocycles. The molecule has 0 bridgehead atoms. The second-order valence-electron chi connectivity index (χ2n) is 3.59. The van der Waals surface area contributed by atoms with Crippen LogP contribution in [0.4, 0.5) is 27.6 Å². The van der Waals surface area contributed by atoms with Gasteiger partial charge in [0, 0.05) is 11.8 Å². The van der Waals surface area contributed by atoms with E-state index in [2.05, 4.69) is 10.1 Å². The normalized spacial score (nSPS) is 11.4. The smallest absolute Gasteiger partial charge is 0.372 e. The van der Waals surface area contributed by atoms with Crippen molar-refractivity contribution in [1.82, 2.24) is 0 Å². The summed E-state index contributed by atoms with van der Waals surface area (Å²) in [4.78, 5) is 11.2. The molecule has 1 rings (SSSR count). The van der Waals surface area contributed by atoms with Crippen LogP contribution in [0, 0.1) is 11.6 Å². The fraction of sp³-hybridized carbons (Fsp3) is 0.364. The minimum atomic E-state index is -4.45. The number of anilines is 1. The number of ether oxygens (including phenoxy) is 1. The second kappa shape index (κ2) is 6.46. The maximum atomic E-state index is 12.8. The lowest BCUT2D eigenvalue weighted by Gasteiger charge is -2.08. The zero-order valence-corrected chi connectivity index (χ0v) is 9.56. The number of alkyl halides is 3. The maximum absolute atomic E-state index is 12.8. The molecule has 0 heterocycles. The number of hydrogen-bond donors (Lipinski definition) is 1. The van der Waals surface area contributed by atoms with Crippen molar-refractivity contribution >= 4 is 11.6 Å². The van der Waals surface area contributed by atoms with Gasteiger partial charge in [0.25, 0.3) is 0 Å². The van der Waals surface area contributed by atoms with Gasteiger partial charge in [0.05, 0.1) is 13.0 Å². The number of amides is 1. The van der Waals surface area contributed by atoms with Crippen LogP contribution in [0.2, 0.25) is 0 Å². The predicted octanol–water partition coefficient (Wildman–Crippen LogP) is 2.87. The number of rotatable bonds is 5. The molecule has 1 N–H and O–H groups in total. The van der Waals surface area contributed by atoms with Gasteiger partial charge in [-0.15, -0.1) is 0 Å². The van der Waals surface area contributed by atoms with Gasteiger partial charge in [0.1, 0.15) is 6.61 Å². The Morgan fingerprint density at radius 3 is 2.47 bits per heavy atom. The van der Waals surface area contributed by atoms with Gasteiger partial charge in [0.2, 0.25) is 5.91 Å². The van der Waals surface area contributed by atoms with Crippen LogP contribution in [-0.4, -0.2) is 25.3 Å². The predicted molar refractivity (Wildman–Crippen MR) is 56.5 cm³/mol. The van der Waals surface area contributed by atoms with Crippen LogP contribution in [-0.2, 0) is 9.53 Å². The molecular weight excluding hydrogens is 273 g/mol. The zero-order chi connectivity index (χ0) is 14.5. The van der Waals surface area contributed by atoms with Crippen LogP contribution in [0.25, 0.3) is 0 Å². The van der Waals surface area contributed by atoms with Gasteiger partial charge in [-0.25, -0.2) is 8.78 Å². The Kier molecular flexibility index (Phi) is 5.22. The first-order valence-electron chi connectivity index (χ1n) is 5.17. The minimum Gasteiger partial charge on any atom is -0.372 e. The molecule has 1 aromatic rings. The lowest BCUT2D eigenvalue weighted by Crippen LogP contribution is -2.20. The van der Waals surface area contributed by atoms with Gasteiger partial charge < -0.3 is 10.1 Å². The average Bonchev–Trinajstić information content (AvgIpc) is 2.28. The first kappa shape index (κ1) is 15.4. The number of halogens is 5. The second-order valence-corrected chi connectivity index (χ2v) is 3.59. The Hall–Kier alpha value is -1.70. The molecule has 0 fully saturated rings. The summed E-state index contributed by atoms with van der Waals surface area (Å²) in [6.07, 6.45) is -4.77. The Morgan fingerprint density at radius 1 is 1.21 bits per heavy atom. The van der Waals surface area contributed by atoms with E-state index in [4.69, 9.17) is 0 Å². The van der Waals surface area contributed by atoms with Crippen LogP contribution < -0.4 is 5.32 Å². The van der Waals surface area contributed by atoms with Crippen LogP contribution in [0.3, 0.4) is 0 Å². The Bertz CT molecular complexity index is 447. The van der Waals surface area contributed by atoms with Crippen molar-refractivity contribution < 1.29 is 31.5 Å². The fourth-order valence-corrected chi connectivity index (χ4v) is 1.15. The molecule has 0 saturated heterocycles. The number of hydrogen-bond acceptors (Lipinski definition) is 2. The molecule has 0 spiro atoms. The van der Waals surface area contributed by atoms with E-state index >= 15 is 0 Å². The Labute approximate surface area is 105 Å². The van der Waals surface area contributed by atoms with Crippen molar-refractivity contribution in [2.45, 2.75) is 12.6 Å². The first-order valence-corrected chi connectivity index (χ1v) is 5.17. The highest BCUT2D eigenvalue weighted by molar-refractivity contribution is 5.90. The van der Waals surface area contributed by atoms with Gasteiger partial charge in [-0.05, 0) is 12.1 Å². The molecule has 0 radical (unpaired) electrons. The Morgan fingerprint density at radius 2 is 1.89 bits per heavy atom. The molecule has 0 unspecified atom stereocenters. The molecule has 19 heavy (non-hydrogen) atoms. The topological polar surface area (TPSA) is 38.3 Å². The largest absolute Gasteiger partial charge is 0.411 e. The van der Waals surface area contributed by atoms with E-state index in [1.165, 1.54) is 0 Å². The van der Waals surface area contributed by atoms with E-state index in [1.54, 1.807) is 0 Å².